The van der Waals surface area contributed by atoms with E-state index in [1.54, 1.807) is 12.1 Å². The van der Waals surface area contributed by atoms with E-state index in [2.05, 4.69) is 15.1 Å². The van der Waals surface area contributed by atoms with Crippen LogP contribution in [-0.2, 0) is 11.0 Å². The van der Waals surface area contributed by atoms with Gasteiger partial charge in [0, 0.05) is 11.6 Å². The first-order valence-corrected chi connectivity index (χ1v) is 10.1. The van der Waals surface area contributed by atoms with Crippen LogP contribution < -0.4 is 5.63 Å². The number of nitrogens with zero attached hydrogens (tertiary/aromatic N) is 4. The Balaban J connectivity index is 0.00000119. The number of benzene rings is 1. The first-order chi connectivity index (χ1) is 15.4. The lowest BCUT2D eigenvalue weighted by Crippen LogP contribution is -2.12. The van der Waals surface area contributed by atoms with Gasteiger partial charge in [-0.25, -0.2) is 14.8 Å². The Labute approximate surface area is 179 Å². The molecule has 10 heteroatoms. The van der Waals surface area contributed by atoms with Gasteiger partial charge in [0.1, 0.15) is 18.2 Å². The fourth-order valence-electron chi connectivity index (χ4n) is 3.96. The van der Waals surface area contributed by atoms with Crippen LogP contribution in [0.4, 0.5) is 13.2 Å². The number of alkyl halides is 3. The minimum atomic E-state index is -4.60. The molecule has 166 valence electrons. The summed E-state index contributed by atoms with van der Waals surface area (Å²) >= 11 is 0. The van der Waals surface area contributed by atoms with Crippen molar-refractivity contribution in [3.05, 3.63) is 52.6 Å². The molecular weight excluding hydrogens is 425 g/mol. The molecule has 1 aliphatic rings. The van der Waals surface area contributed by atoms with E-state index in [-0.39, 0.29) is 17.0 Å². The standard InChI is InChI=1S/C21H17F3N4O2.CH2O/c22-21(23,24)18-8-4-7-15(25-18)19-26-17-9-12-11-28(13-5-2-1-3-6-13)27-16(12)10-14(17)20(29)30-19;1-2/h4,7-11,13H,1-3,5-6H2;1H2. The fraction of sp³-hybridized carbons (Fsp3) is 0.318. The van der Waals surface area contributed by atoms with E-state index in [1.807, 2.05) is 17.7 Å². The van der Waals surface area contributed by atoms with E-state index in [1.165, 1.54) is 31.4 Å². The zero-order valence-corrected chi connectivity index (χ0v) is 16.9. The van der Waals surface area contributed by atoms with Crippen molar-refractivity contribution in [1.29, 1.82) is 0 Å². The third-order valence-electron chi connectivity index (χ3n) is 5.48. The molecule has 0 spiro atoms. The quantitative estimate of drug-likeness (QED) is 0.435. The Hall–Kier alpha value is -3.56. The van der Waals surface area contributed by atoms with Crippen LogP contribution in [0.2, 0.25) is 0 Å². The fourth-order valence-corrected chi connectivity index (χ4v) is 3.96. The first kappa shape index (κ1) is 21.7. The molecule has 3 aromatic heterocycles. The molecule has 5 rings (SSSR count). The summed E-state index contributed by atoms with van der Waals surface area (Å²) in [5.74, 6) is -0.252. The Kier molecular flexibility index (Phi) is 5.77. The van der Waals surface area contributed by atoms with Crippen LogP contribution in [0.5, 0.6) is 0 Å². The Morgan fingerprint density at radius 1 is 1.03 bits per heavy atom. The normalized spacial score (nSPS) is 15.0. The van der Waals surface area contributed by atoms with Crippen LogP contribution in [0.25, 0.3) is 33.4 Å². The maximum atomic E-state index is 13.0. The van der Waals surface area contributed by atoms with E-state index in [0.717, 1.165) is 24.3 Å². The van der Waals surface area contributed by atoms with Crippen LogP contribution in [0, 0.1) is 0 Å². The van der Waals surface area contributed by atoms with Gasteiger partial charge in [0.25, 0.3) is 0 Å². The van der Waals surface area contributed by atoms with Crippen molar-refractivity contribution in [2.24, 2.45) is 0 Å². The van der Waals surface area contributed by atoms with Gasteiger partial charge in [-0.2, -0.15) is 18.3 Å². The smallest absolute Gasteiger partial charge is 0.401 e. The van der Waals surface area contributed by atoms with Gasteiger partial charge in [0.15, 0.2) is 0 Å². The molecule has 0 amide bonds. The summed E-state index contributed by atoms with van der Waals surface area (Å²) in [6.45, 7) is 2.00. The van der Waals surface area contributed by atoms with Crippen molar-refractivity contribution < 1.29 is 22.4 Å². The topological polar surface area (TPSA) is 90.9 Å². The van der Waals surface area contributed by atoms with E-state index < -0.39 is 17.5 Å². The van der Waals surface area contributed by atoms with Gasteiger partial charge in [-0.15, -0.1) is 0 Å². The highest BCUT2D eigenvalue weighted by Gasteiger charge is 2.32. The summed E-state index contributed by atoms with van der Waals surface area (Å²) in [5, 5.41) is 5.66. The number of carbonyl (C=O) groups excluding carboxylic acids is 1. The molecule has 3 heterocycles. The molecule has 1 aromatic carbocycles. The predicted octanol–water partition coefficient (Wildman–Crippen LogP) is 4.94. The molecule has 4 aromatic rings. The molecule has 1 fully saturated rings. The second-order valence-electron chi connectivity index (χ2n) is 7.54. The van der Waals surface area contributed by atoms with Crippen LogP contribution >= 0.6 is 0 Å². The molecule has 0 atom stereocenters. The lowest BCUT2D eigenvalue weighted by molar-refractivity contribution is -0.141. The molecule has 0 unspecified atom stereocenters. The number of fused-ring (bicyclic) bond motifs is 2. The number of rotatable bonds is 2. The van der Waals surface area contributed by atoms with Crippen molar-refractivity contribution in [2.75, 3.05) is 0 Å². The third kappa shape index (κ3) is 4.12. The van der Waals surface area contributed by atoms with E-state index in [4.69, 9.17) is 9.21 Å². The highest BCUT2D eigenvalue weighted by atomic mass is 19.4. The van der Waals surface area contributed by atoms with Crippen LogP contribution in [0.15, 0.2) is 45.7 Å². The zero-order valence-electron chi connectivity index (χ0n) is 16.9. The van der Waals surface area contributed by atoms with Gasteiger partial charge in [0.05, 0.1) is 22.5 Å². The molecule has 1 aliphatic carbocycles. The number of halogens is 3. The van der Waals surface area contributed by atoms with Crippen LogP contribution in [-0.4, -0.2) is 26.5 Å². The highest BCUT2D eigenvalue weighted by Crippen LogP contribution is 2.31. The molecule has 0 bridgehead atoms. The average Bonchev–Trinajstić information content (AvgIpc) is 3.22. The largest absolute Gasteiger partial charge is 0.433 e. The van der Waals surface area contributed by atoms with Gasteiger partial charge in [-0.1, -0.05) is 25.3 Å². The lowest BCUT2D eigenvalue weighted by atomic mass is 9.96. The summed E-state index contributed by atoms with van der Waals surface area (Å²) in [6.07, 6.45) is 3.04. The van der Waals surface area contributed by atoms with Gasteiger partial charge >= 0.3 is 11.8 Å². The first-order valence-electron chi connectivity index (χ1n) is 10.1. The summed E-state index contributed by atoms with van der Waals surface area (Å²) < 4.78 is 46.0. The van der Waals surface area contributed by atoms with Crippen molar-refractivity contribution in [3.63, 3.8) is 0 Å². The molecule has 32 heavy (non-hydrogen) atoms. The molecule has 0 aliphatic heterocycles. The molecule has 0 saturated heterocycles. The second-order valence-corrected chi connectivity index (χ2v) is 7.54. The maximum Gasteiger partial charge on any atom is 0.433 e. The van der Waals surface area contributed by atoms with Crippen molar-refractivity contribution in [2.45, 2.75) is 44.3 Å². The van der Waals surface area contributed by atoms with Gasteiger partial charge in [-0.3, -0.25) is 4.68 Å². The monoisotopic (exact) mass is 444 g/mol. The summed E-state index contributed by atoms with van der Waals surface area (Å²) in [7, 11) is 0. The summed E-state index contributed by atoms with van der Waals surface area (Å²) in [6, 6.07) is 7.05. The maximum absolute atomic E-state index is 13.0. The number of pyridine rings is 1. The lowest BCUT2D eigenvalue weighted by Gasteiger charge is -2.21. The minimum Gasteiger partial charge on any atom is -0.401 e. The van der Waals surface area contributed by atoms with Gasteiger partial charge in [-0.05, 0) is 37.1 Å². The van der Waals surface area contributed by atoms with Gasteiger partial charge < -0.3 is 9.21 Å². The third-order valence-corrected chi connectivity index (χ3v) is 5.48. The minimum absolute atomic E-state index is 0.151. The summed E-state index contributed by atoms with van der Waals surface area (Å²) in [4.78, 5) is 28.3. The Morgan fingerprint density at radius 3 is 2.50 bits per heavy atom. The predicted molar refractivity (Wildman–Crippen MR) is 111 cm³/mol. The molecular formula is C22H19F3N4O3. The molecule has 1 saturated carbocycles. The van der Waals surface area contributed by atoms with E-state index >= 15 is 0 Å². The summed E-state index contributed by atoms with van der Waals surface area (Å²) in [5.41, 5.74) is -0.929. The second kappa shape index (κ2) is 8.52. The molecule has 7 nitrogen and oxygen atoms in total. The average molecular weight is 444 g/mol. The SMILES string of the molecule is C=O.O=c1oc(-c2cccc(C(F)(F)F)n2)nc2cc3cn(C4CCCCC4)nc3cc12. The van der Waals surface area contributed by atoms with Gasteiger partial charge in [0.2, 0.25) is 5.89 Å². The number of carbonyl (C=O) groups is 1. The zero-order chi connectivity index (χ0) is 22.9. The van der Waals surface area contributed by atoms with Crippen LogP contribution in [0.1, 0.15) is 43.8 Å². The van der Waals surface area contributed by atoms with Crippen molar-refractivity contribution >= 4 is 28.6 Å². The number of hydrogen-bond donors (Lipinski definition) is 0. The van der Waals surface area contributed by atoms with E-state index in [0.29, 0.717) is 17.1 Å². The molecule has 0 radical (unpaired) electrons. The van der Waals surface area contributed by atoms with Crippen molar-refractivity contribution in [3.8, 4) is 11.6 Å². The van der Waals surface area contributed by atoms with Crippen molar-refractivity contribution in [1.82, 2.24) is 19.7 Å². The van der Waals surface area contributed by atoms with E-state index in [9.17, 15) is 18.0 Å². The molecule has 0 N–H and O–H groups in total. The van der Waals surface area contributed by atoms with Crippen LogP contribution in [0.3, 0.4) is 0 Å². The Morgan fingerprint density at radius 2 is 1.78 bits per heavy atom. The number of aromatic nitrogens is 4. The highest BCUT2D eigenvalue weighted by molar-refractivity contribution is 5.94. The Bertz CT molecular complexity index is 1320. The number of hydrogen-bond acceptors (Lipinski definition) is 6.